The third-order valence-electron chi connectivity index (χ3n) is 3.21. The molecule has 17 heavy (non-hydrogen) atoms. The molecular formula is C12H25N3O2. The fourth-order valence-electron chi connectivity index (χ4n) is 2.13. The molecule has 5 nitrogen and oxygen atoms in total. The van der Waals surface area contributed by atoms with Crippen LogP contribution in [0.3, 0.4) is 0 Å². The van der Waals surface area contributed by atoms with Gasteiger partial charge in [0.25, 0.3) is 0 Å². The Balaban J connectivity index is 2.30. The number of morpholine rings is 1. The standard InChI is InChI=1S/C12H25N3O2/c1-3-10-9-15(7-8-17-10)6-5-11(12(13)16)14-4-2/h10-11,14H,3-9H2,1-2H3,(H2,13,16). The molecule has 0 aliphatic carbocycles. The number of carbonyl (C=O) groups excluding carboxylic acids is 1. The summed E-state index contributed by atoms with van der Waals surface area (Å²) in [6.45, 7) is 8.51. The molecule has 0 aromatic carbocycles. The highest BCUT2D eigenvalue weighted by Gasteiger charge is 2.21. The van der Waals surface area contributed by atoms with Gasteiger partial charge in [-0.05, 0) is 19.4 Å². The van der Waals surface area contributed by atoms with Crippen LogP contribution in [0.15, 0.2) is 0 Å². The predicted molar refractivity (Wildman–Crippen MR) is 67.7 cm³/mol. The summed E-state index contributed by atoms with van der Waals surface area (Å²) >= 11 is 0. The first-order valence-corrected chi connectivity index (χ1v) is 6.54. The zero-order valence-corrected chi connectivity index (χ0v) is 10.9. The van der Waals surface area contributed by atoms with Crippen molar-refractivity contribution in [3.63, 3.8) is 0 Å². The second-order valence-electron chi connectivity index (χ2n) is 4.50. The van der Waals surface area contributed by atoms with Crippen molar-refractivity contribution < 1.29 is 9.53 Å². The summed E-state index contributed by atoms with van der Waals surface area (Å²) in [5.41, 5.74) is 5.35. The van der Waals surface area contributed by atoms with Gasteiger partial charge in [0.1, 0.15) is 0 Å². The SMILES string of the molecule is CCNC(CCN1CCOC(CC)C1)C(N)=O. The molecule has 1 aliphatic heterocycles. The summed E-state index contributed by atoms with van der Waals surface area (Å²) in [4.78, 5) is 13.6. The molecule has 0 radical (unpaired) electrons. The fourth-order valence-corrected chi connectivity index (χ4v) is 2.13. The Labute approximate surface area is 104 Å². The van der Waals surface area contributed by atoms with Gasteiger partial charge >= 0.3 is 0 Å². The molecular weight excluding hydrogens is 218 g/mol. The van der Waals surface area contributed by atoms with Crippen LogP contribution in [-0.4, -0.2) is 55.7 Å². The summed E-state index contributed by atoms with van der Waals surface area (Å²) in [6, 6.07) is -0.206. The maximum absolute atomic E-state index is 11.2. The number of likely N-dealkylation sites (N-methyl/N-ethyl adjacent to an activating group) is 1. The van der Waals surface area contributed by atoms with Crippen molar-refractivity contribution in [2.24, 2.45) is 5.73 Å². The number of nitrogens with two attached hydrogens (primary N) is 1. The summed E-state index contributed by atoms with van der Waals surface area (Å²) in [6.07, 6.45) is 2.16. The normalized spacial score (nSPS) is 23.5. The molecule has 0 bridgehead atoms. The molecule has 1 saturated heterocycles. The highest BCUT2D eigenvalue weighted by atomic mass is 16.5. The number of nitrogens with one attached hydrogen (secondary N) is 1. The Morgan fingerprint density at radius 3 is 2.94 bits per heavy atom. The molecule has 1 heterocycles. The van der Waals surface area contributed by atoms with E-state index in [-0.39, 0.29) is 11.9 Å². The second kappa shape index (κ2) is 7.63. The largest absolute Gasteiger partial charge is 0.376 e. The van der Waals surface area contributed by atoms with Crippen molar-refractivity contribution in [1.82, 2.24) is 10.2 Å². The number of rotatable bonds is 7. The molecule has 1 aliphatic rings. The molecule has 0 saturated carbocycles. The molecule has 0 aromatic rings. The lowest BCUT2D eigenvalue weighted by molar-refractivity contribution is -0.120. The summed E-state index contributed by atoms with van der Waals surface area (Å²) in [5.74, 6) is -0.257. The van der Waals surface area contributed by atoms with E-state index in [1.54, 1.807) is 0 Å². The first kappa shape index (κ1) is 14.4. The monoisotopic (exact) mass is 243 g/mol. The molecule has 2 atom stereocenters. The van der Waals surface area contributed by atoms with Crippen molar-refractivity contribution in [2.45, 2.75) is 38.8 Å². The van der Waals surface area contributed by atoms with Crippen molar-refractivity contribution in [1.29, 1.82) is 0 Å². The molecule has 1 fully saturated rings. The molecule has 0 aromatic heterocycles. The van der Waals surface area contributed by atoms with Gasteiger partial charge in [0.05, 0.1) is 18.8 Å². The third kappa shape index (κ3) is 5.02. The molecule has 1 amide bonds. The number of primary amides is 1. The van der Waals surface area contributed by atoms with Gasteiger partial charge in [-0.2, -0.15) is 0 Å². The maximum Gasteiger partial charge on any atom is 0.234 e. The van der Waals surface area contributed by atoms with E-state index in [0.29, 0.717) is 6.10 Å². The van der Waals surface area contributed by atoms with E-state index >= 15 is 0 Å². The van der Waals surface area contributed by atoms with E-state index < -0.39 is 0 Å². The van der Waals surface area contributed by atoms with E-state index in [9.17, 15) is 4.79 Å². The van der Waals surface area contributed by atoms with E-state index in [4.69, 9.17) is 10.5 Å². The average molecular weight is 243 g/mol. The third-order valence-corrected chi connectivity index (χ3v) is 3.21. The quantitative estimate of drug-likeness (QED) is 0.658. The van der Waals surface area contributed by atoms with Crippen molar-refractivity contribution in [3.05, 3.63) is 0 Å². The zero-order valence-electron chi connectivity index (χ0n) is 10.9. The van der Waals surface area contributed by atoms with Crippen molar-refractivity contribution in [3.8, 4) is 0 Å². The van der Waals surface area contributed by atoms with E-state index in [1.807, 2.05) is 6.92 Å². The summed E-state index contributed by atoms with van der Waals surface area (Å²) in [5, 5.41) is 3.11. The first-order valence-electron chi connectivity index (χ1n) is 6.54. The Bertz CT molecular complexity index is 236. The van der Waals surface area contributed by atoms with Crippen LogP contribution in [-0.2, 0) is 9.53 Å². The molecule has 5 heteroatoms. The van der Waals surface area contributed by atoms with Gasteiger partial charge in [-0.1, -0.05) is 13.8 Å². The molecule has 2 unspecified atom stereocenters. The van der Waals surface area contributed by atoms with Crippen LogP contribution in [0.1, 0.15) is 26.7 Å². The molecule has 3 N–H and O–H groups in total. The lowest BCUT2D eigenvalue weighted by Gasteiger charge is -2.33. The Morgan fingerprint density at radius 2 is 2.35 bits per heavy atom. The highest BCUT2D eigenvalue weighted by molar-refractivity contribution is 5.79. The Morgan fingerprint density at radius 1 is 1.59 bits per heavy atom. The smallest absolute Gasteiger partial charge is 0.234 e. The van der Waals surface area contributed by atoms with Gasteiger partial charge in [-0.3, -0.25) is 9.69 Å². The van der Waals surface area contributed by atoms with Crippen LogP contribution >= 0.6 is 0 Å². The topological polar surface area (TPSA) is 67.6 Å². The van der Waals surface area contributed by atoms with Crippen LogP contribution < -0.4 is 11.1 Å². The van der Waals surface area contributed by atoms with Crippen LogP contribution in [0.2, 0.25) is 0 Å². The number of carbonyl (C=O) groups is 1. The highest BCUT2D eigenvalue weighted by Crippen LogP contribution is 2.09. The average Bonchev–Trinajstić information content (AvgIpc) is 2.34. The number of ether oxygens (including phenoxy) is 1. The van der Waals surface area contributed by atoms with Gasteiger partial charge in [-0.25, -0.2) is 0 Å². The van der Waals surface area contributed by atoms with Crippen LogP contribution in [0, 0.1) is 0 Å². The number of amides is 1. The lowest BCUT2D eigenvalue weighted by Crippen LogP contribution is -2.47. The van der Waals surface area contributed by atoms with Gasteiger partial charge < -0.3 is 15.8 Å². The maximum atomic E-state index is 11.2. The van der Waals surface area contributed by atoms with Crippen LogP contribution in [0.25, 0.3) is 0 Å². The van der Waals surface area contributed by atoms with E-state index in [1.165, 1.54) is 0 Å². The van der Waals surface area contributed by atoms with Gasteiger partial charge in [0.2, 0.25) is 5.91 Å². The fraction of sp³-hybridized carbons (Fsp3) is 0.917. The predicted octanol–water partition coefficient (Wildman–Crippen LogP) is -0.0493. The zero-order chi connectivity index (χ0) is 12.7. The summed E-state index contributed by atoms with van der Waals surface area (Å²) < 4.78 is 5.61. The minimum Gasteiger partial charge on any atom is -0.376 e. The van der Waals surface area contributed by atoms with Crippen molar-refractivity contribution >= 4 is 5.91 Å². The Hall–Kier alpha value is -0.650. The van der Waals surface area contributed by atoms with Crippen molar-refractivity contribution in [2.75, 3.05) is 32.8 Å². The Kier molecular flexibility index (Phi) is 6.47. The van der Waals surface area contributed by atoms with E-state index in [2.05, 4.69) is 17.1 Å². The number of nitrogens with zero attached hydrogens (tertiary/aromatic N) is 1. The molecule has 100 valence electrons. The molecule has 1 rings (SSSR count). The second-order valence-corrected chi connectivity index (χ2v) is 4.50. The number of hydrogen-bond acceptors (Lipinski definition) is 4. The van der Waals surface area contributed by atoms with Gasteiger partial charge in [0.15, 0.2) is 0 Å². The first-order chi connectivity index (χ1) is 8.17. The summed E-state index contributed by atoms with van der Waals surface area (Å²) in [7, 11) is 0. The minimum atomic E-state index is -0.257. The van der Waals surface area contributed by atoms with Crippen LogP contribution in [0.5, 0.6) is 0 Å². The van der Waals surface area contributed by atoms with Crippen LogP contribution in [0.4, 0.5) is 0 Å². The van der Waals surface area contributed by atoms with E-state index in [0.717, 1.165) is 45.6 Å². The van der Waals surface area contributed by atoms with Gasteiger partial charge in [-0.15, -0.1) is 0 Å². The number of hydrogen-bond donors (Lipinski definition) is 2. The minimum absolute atomic E-state index is 0.206. The molecule has 0 spiro atoms. The van der Waals surface area contributed by atoms with Gasteiger partial charge in [0, 0.05) is 19.6 Å². The lowest BCUT2D eigenvalue weighted by atomic mass is 10.1.